The zero-order valence-corrected chi connectivity index (χ0v) is 8.27. The smallest absolute Gasteiger partial charge is 0.407 e. The Labute approximate surface area is 82.0 Å². The van der Waals surface area contributed by atoms with Gasteiger partial charge in [-0.25, -0.2) is 4.79 Å². The van der Waals surface area contributed by atoms with Crippen LogP contribution in [0.15, 0.2) is 0 Å². The van der Waals surface area contributed by atoms with Gasteiger partial charge in [0.25, 0.3) is 5.91 Å². The normalized spacial score (nSPS) is 21.9. The molecule has 0 bridgehead atoms. The van der Waals surface area contributed by atoms with Gasteiger partial charge in [0, 0.05) is 20.6 Å². The lowest BCUT2D eigenvalue weighted by molar-refractivity contribution is -0.145. The zero-order valence-electron chi connectivity index (χ0n) is 8.27. The van der Waals surface area contributed by atoms with Crippen LogP contribution in [-0.4, -0.2) is 66.8 Å². The van der Waals surface area contributed by atoms with E-state index in [2.05, 4.69) is 0 Å². The van der Waals surface area contributed by atoms with Crippen molar-refractivity contribution >= 4 is 12.0 Å². The number of nitrogens with zero attached hydrogens (tertiary/aromatic N) is 2. The molecule has 80 valence electrons. The molecule has 1 saturated heterocycles. The zero-order chi connectivity index (χ0) is 10.7. The molecular formula is C8H14N2O4. The van der Waals surface area contributed by atoms with E-state index >= 15 is 0 Å². The SMILES string of the molecule is CN(C)C(=O)C1CN(C(=O)O)CCO1. The van der Waals surface area contributed by atoms with Crippen molar-refractivity contribution in [1.82, 2.24) is 9.80 Å². The minimum absolute atomic E-state index is 0.117. The summed E-state index contributed by atoms with van der Waals surface area (Å²) < 4.78 is 5.19. The first-order valence-corrected chi connectivity index (χ1v) is 4.33. The highest BCUT2D eigenvalue weighted by atomic mass is 16.5. The molecule has 0 spiro atoms. The molecule has 1 rings (SSSR count). The number of likely N-dealkylation sites (N-methyl/N-ethyl adjacent to an activating group) is 1. The van der Waals surface area contributed by atoms with Crippen molar-refractivity contribution in [3.8, 4) is 0 Å². The minimum atomic E-state index is -1.01. The van der Waals surface area contributed by atoms with Gasteiger partial charge >= 0.3 is 6.09 Å². The third kappa shape index (κ3) is 2.35. The van der Waals surface area contributed by atoms with Gasteiger partial charge in [-0.1, -0.05) is 0 Å². The van der Waals surface area contributed by atoms with Gasteiger partial charge in [-0.3, -0.25) is 4.79 Å². The predicted molar refractivity (Wildman–Crippen MR) is 48.0 cm³/mol. The van der Waals surface area contributed by atoms with E-state index in [1.807, 2.05) is 0 Å². The maximum Gasteiger partial charge on any atom is 0.407 e. The summed E-state index contributed by atoms with van der Waals surface area (Å²) in [5.41, 5.74) is 0. The summed E-state index contributed by atoms with van der Waals surface area (Å²) in [5.74, 6) is -0.198. The lowest BCUT2D eigenvalue weighted by Crippen LogP contribution is -2.50. The summed E-state index contributed by atoms with van der Waals surface area (Å²) in [7, 11) is 3.23. The van der Waals surface area contributed by atoms with Crippen molar-refractivity contribution in [2.24, 2.45) is 0 Å². The van der Waals surface area contributed by atoms with Crippen molar-refractivity contribution in [3.63, 3.8) is 0 Å². The van der Waals surface area contributed by atoms with Crippen molar-refractivity contribution < 1.29 is 19.4 Å². The Bertz CT molecular complexity index is 241. The Morgan fingerprint density at radius 3 is 2.64 bits per heavy atom. The number of ether oxygens (including phenoxy) is 1. The van der Waals surface area contributed by atoms with Gasteiger partial charge in [0.15, 0.2) is 6.10 Å². The van der Waals surface area contributed by atoms with Crippen LogP contribution in [0.5, 0.6) is 0 Å². The molecule has 1 aliphatic rings. The molecule has 14 heavy (non-hydrogen) atoms. The number of carbonyl (C=O) groups excluding carboxylic acids is 1. The standard InChI is InChI=1S/C8H14N2O4/c1-9(2)7(11)6-5-10(8(12)13)3-4-14-6/h6H,3-5H2,1-2H3,(H,12,13). The largest absolute Gasteiger partial charge is 0.465 e. The fourth-order valence-corrected chi connectivity index (χ4v) is 1.26. The van der Waals surface area contributed by atoms with Gasteiger partial charge in [0.1, 0.15) is 0 Å². The Hall–Kier alpha value is -1.30. The Balaban J connectivity index is 2.56. The lowest BCUT2D eigenvalue weighted by Gasteiger charge is -2.31. The number of morpholine rings is 1. The van der Waals surface area contributed by atoms with E-state index in [-0.39, 0.29) is 19.1 Å². The van der Waals surface area contributed by atoms with Crippen LogP contribution in [0.1, 0.15) is 0 Å². The molecule has 0 aromatic carbocycles. The molecule has 1 heterocycles. The Morgan fingerprint density at radius 1 is 1.50 bits per heavy atom. The van der Waals surface area contributed by atoms with E-state index in [0.29, 0.717) is 6.54 Å². The second-order valence-corrected chi connectivity index (χ2v) is 3.32. The van der Waals surface area contributed by atoms with Gasteiger partial charge in [-0.05, 0) is 0 Å². The predicted octanol–water partition coefficient (Wildman–Crippen LogP) is -0.547. The van der Waals surface area contributed by atoms with Crippen LogP contribution in [0.25, 0.3) is 0 Å². The van der Waals surface area contributed by atoms with Crippen molar-refractivity contribution in [1.29, 1.82) is 0 Å². The number of hydrogen-bond donors (Lipinski definition) is 1. The maximum absolute atomic E-state index is 11.4. The molecule has 6 heteroatoms. The summed E-state index contributed by atoms with van der Waals surface area (Å²) in [5, 5.41) is 8.72. The second kappa shape index (κ2) is 4.28. The van der Waals surface area contributed by atoms with Crippen LogP contribution < -0.4 is 0 Å². The first-order valence-electron chi connectivity index (χ1n) is 4.33. The fraction of sp³-hybridized carbons (Fsp3) is 0.750. The quantitative estimate of drug-likeness (QED) is 0.619. The monoisotopic (exact) mass is 202 g/mol. The van der Waals surface area contributed by atoms with E-state index in [9.17, 15) is 9.59 Å². The second-order valence-electron chi connectivity index (χ2n) is 3.32. The molecule has 1 atom stereocenters. The number of carbonyl (C=O) groups is 2. The average molecular weight is 202 g/mol. The van der Waals surface area contributed by atoms with Crippen LogP contribution >= 0.6 is 0 Å². The van der Waals surface area contributed by atoms with Crippen molar-refractivity contribution in [3.05, 3.63) is 0 Å². The summed E-state index contributed by atoms with van der Waals surface area (Å²) in [4.78, 5) is 24.7. The van der Waals surface area contributed by atoms with Crippen LogP contribution in [0.3, 0.4) is 0 Å². The molecule has 1 unspecified atom stereocenters. The van der Waals surface area contributed by atoms with Crippen LogP contribution in [0.2, 0.25) is 0 Å². The topological polar surface area (TPSA) is 70.1 Å². The number of amides is 2. The lowest BCUT2D eigenvalue weighted by atomic mass is 10.2. The van der Waals surface area contributed by atoms with E-state index < -0.39 is 12.2 Å². The van der Waals surface area contributed by atoms with Crippen molar-refractivity contribution in [2.45, 2.75) is 6.10 Å². The molecule has 0 aliphatic carbocycles. The number of hydrogen-bond acceptors (Lipinski definition) is 3. The molecule has 0 aromatic rings. The van der Waals surface area contributed by atoms with Gasteiger partial charge in [0.2, 0.25) is 0 Å². The molecular weight excluding hydrogens is 188 g/mol. The Morgan fingerprint density at radius 2 is 2.14 bits per heavy atom. The van der Waals surface area contributed by atoms with E-state index in [0.717, 1.165) is 0 Å². The van der Waals surface area contributed by atoms with E-state index in [1.54, 1.807) is 14.1 Å². The number of rotatable bonds is 1. The molecule has 0 saturated carbocycles. The van der Waals surface area contributed by atoms with Gasteiger partial charge in [-0.2, -0.15) is 0 Å². The molecule has 2 amide bonds. The first-order chi connectivity index (χ1) is 6.52. The highest BCUT2D eigenvalue weighted by molar-refractivity contribution is 5.81. The molecule has 1 N–H and O–H groups in total. The third-order valence-electron chi connectivity index (χ3n) is 2.05. The van der Waals surface area contributed by atoms with Crippen molar-refractivity contribution in [2.75, 3.05) is 33.8 Å². The van der Waals surface area contributed by atoms with Gasteiger partial charge < -0.3 is 19.6 Å². The number of carboxylic acid groups (broad SMARTS) is 1. The summed E-state index contributed by atoms with van der Waals surface area (Å²) in [6.45, 7) is 0.718. The summed E-state index contributed by atoms with van der Waals surface area (Å²) in [6, 6.07) is 0. The van der Waals surface area contributed by atoms with E-state index in [4.69, 9.17) is 9.84 Å². The fourth-order valence-electron chi connectivity index (χ4n) is 1.26. The van der Waals surface area contributed by atoms with Crippen LogP contribution in [-0.2, 0) is 9.53 Å². The van der Waals surface area contributed by atoms with Crippen LogP contribution in [0.4, 0.5) is 4.79 Å². The molecule has 0 radical (unpaired) electrons. The first kappa shape index (κ1) is 10.8. The maximum atomic E-state index is 11.4. The Kier molecular flexibility index (Phi) is 3.29. The van der Waals surface area contributed by atoms with Crippen LogP contribution in [0, 0.1) is 0 Å². The molecule has 6 nitrogen and oxygen atoms in total. The van der Waals surface area contributed by atoms with Gasteiger partial charge in [0.05, 0.1) is 13.2 Å². The minimum Gasteiger partial charge on any atom is -0.465 e. The highest BCUT2D eigenvalue weighted by Gasteiger charge is 2.29. The molecule has 0 aromatic heterocycles. The third-order valence-corrected chi connectivity index (χ3v) is 2.05. The highest BCUT2D eigenvalue weighted by Crippen LogP contribution is 2.07. The van der Waals surface area contributed by atoms with E-state index in [1.165, 1.54) is 9.80 Å². The summed E-state index contributed by atoms with van der Waals surface area (Å²) in [6.07, 6.45) is -1.67. The average Bonchev–Trinajstić information content (AvgIpc) is 2.16. The molecule has 1 fully saturated rings. The van der Waals surface area contributed by atoms with Gasteiger partial charge in [-0.15, -0.1) is 0 Å². The molecule has 1 aliphatic heterocycles. The summed E-state index contributed by atoms with van der Waals surface area (Å²) >= 11 is 0.